The van der Waals surface area contributed by atoms with Crippen molar-refractivity contribution in [2.24, 2.45) is 0 Å². The molecule has 2 rings (SSSR count). The van der Waals surface area contributed by atoms with E-state index in [1.165, 1.54) is 11.1 Å². The van der Waals surface area contributed by atoms with Crippen molar-refractivity contribution in [1.29, 1.82) is 0 Å². The first-order chi connectivity index (χ1) is 8.67. The van der Waals surface area contributed by atoms with Crippen molar-refractivity contribution >= 4 is 21.7 Å². The number of anilines is 1. The number of hydrogen-bond donors (Lipinski definition) is 1. The van der Waals surface area contributed by atoms with E-state index in [-0.39, 0.29) is 0 Å². The third-order valence-corrected chi connectivity index (χ3v) is 3.12. The Morgan fingerprint density at radius 3 is 2.39 bits per heavy atom. The van der Waals surface area contributed by atoms with Gasteiger partial charge in [0.1, 0.15) is 16.2 Å². The molecule has 3 nitrogen and oxygen atoms in total. The Balaban J connectivity index is 2.01. The summed E-state index contributed by atoms with van der Waals surface area (Å²) in [5, 5.41) is 3.30. The van der Waals surface area contributed by atoms with Crippen LogP contribution in [0.1, 0.15) is 23.9 Å². The molecule has 0 aliphatic rings. The van der Waals surface area contributed by atoms with Crippen LogP contribution in [0.2, 0.25) is 0 Å². The molecule has 94 valence electrons. The van der Waals surface area contributed by atoms with Gasteiger partial charge in [0.05, 0.1) is 0 Å². The van der Waals surface area contributed by atoms with Gasteiger partial charge in [-0.25, -0.2) is 9.97 Å². The van der Waals surface area contributed by atoms with Crippen LogP contribution in [-0.4, -0.2) is 9.97 Å². The number of aryl methyl sites for hydroxylation is 2. The van der Waals surface area contributed by atoms with Gasteiger partial charge < -0.3 is 5.32 Å². The minimum atomic E-state index is 0.758. The molecule has 4 heteroatoms. The molecule has 1 aromatic heterocycles. The molecule has 0 amide bonds. The lowest BCUT2D eigenvalue weighted by Gasteiger charge is -2.07. The van der Waals surface area contributed by atoms with E-state index in [1.807, 2.05) is 13.0 Å². The Bertz CT molecular complexity index is 503. The zero-order valence-electron chi connectivity index (χ0n) is 10.6. The largest absolute Gasteiger partial charge is 0.366 e. The summed E-state index contributed by atoms with van der Waals surface area (Å²) in [4.78, 5) is 8.51. The highest BCUT2D eigenvalue weighted by Crippen LogP contribution is 2.13. The summed E-state index contributed by atoms with van der Waals surface area (Å²) >= 11 is 3.37. The van der Waals surface area contributed by atoms with Gasteiger partial charge >= 0.3 is 0 Å². The smallest absolute Gasteiger partial charge is 0.131 e. The van der Waals surface area contributed by atoms with E-state index >= 15 is 0 Å². The molecule has 0 atom stereocenters. The Labute approximate surface area is 116 Å². The molecule has 2 aromatic rings. The molecular weight excluding hydrogens is 290 g/mol. The summed E-state index contributed by atoms with van der Waals surface area (Å²) in [5.74, 6) is 1.60. The van der Waals surface area contributed by atoms with Gasteiger partial charge in [0.15, 0.2) is 0 Å². The summed E-state index contributed by atoms with van der Waals surface area (Å²) in [6.07, 6.45) is 1.08. The molecule has 0 fully saturated rings. The average Bonchev–Trinajstić information content (AvgIpc) is 2.36. The molecule has 0 spiro atoms. The molecule has 0 bridgehead atoms. The fourth-order valence-corrected chi connectivity index (χ4v) is 2.18. The lowest BCUT2D eigenvalue weighted by Crippen LogP contribution is -2.03. The van der Waals surface area contributed by atoms with Crippen LogP contribution in [0.15, 0.2) is 34.9 Å². The summed E-state index contributed by atoms with van der Waals surface area (Å²) in [5.41, 5.74) is 2.61. The molecule has 0 saturated heterocycles. The highest BCUT2D eigenvalue weighted by Gasteiger charge is 1.99. The maximum Gasteiger partial charge on any atom is 0.131 e. The Kier molecular flexibility index (Phi) is 4.31. The van der Waals surface area contributed by atoms with Crippen LogP contribution in [0.5, 0.6) is 0 Å². The standard InChI is InChI=1S/C14H16BrN3/c1-3-11-4-6-12(7-5-11)9-16-14-8-13(15)17-10(2)18-14/h4-8H,3,9H2,1-2H3,(H,16,17,18). The second-order valence-corrected chi connectivity index (χ2v) is 4.96. The second-order valence-electron chi connectivity index (χ2n) is 4.15. The second kappa shape index (κ2) is 5.96. The van der Waals surface area contributed by atoms with Gasteiger partial charge in [0, 0.05) is 12.6 Å². The van der Waals surface area contributed by atoms with Crippen LogP contribution >= 0.6 is 15.9 Å². The summed E-state index contributed by atoms with van der Waals surface area (Å²) in [7, 11) is 0. The number of aromatic nitrogens is 2. The van der Waals surface area contributed by atoms with Crippen molar-refractivity contribution in [3.05, 3.63) is 51.9 Å². The van der Waals surface area contributed by atoms with Crippen LogP contribution in [0, 0.1) is 6.92 Å². The minimum Gasteiger partial charge on any atom is -0.366 e. The Hall–Kier alpha value is -1.42. The van der Waals surface area contributed by atoms with Crippen LogP contribution < -0.4 is 5.32 Å². The minimum absolute atomic E-state index is 0.758. The fourth-order valence-electron chi connectivity index (χ4n) is 1.71. The average molecular weight is 306 g/mol. The van der Waals surface area contributed by atoms with Gasteiger partial charge in [-0.15, -0.1) is 0 Å². The van der Waals surface area contributed by atoms with Crippen molar-refractivity contribution in [2.45, 2.75) is 26.8 Å². The van der Waals surface area contributed by atoms with E-state index < -0.39 is 0 Å². The first kappa shape index (κ1) is 13.0. The predicted molar refractivity (Wildman–Crippen MR) is 77.6 cm³/mol. The van der Waals surface area contributed by atoms with Gasteiger partial charge in [-0.2, -0.15) is 0 Å². The molecule has 18 heavy (non-hydrogen) atoms. The topological polar surface area (TPSA) is 37.8 Å². The maximum absolute atomic E-state index is 4.33. The molecule has 0 saturated carbocycles. The lowest BCUT2D eigenvalue weighted by atomic mass is 10.1. The zero-order valence-corrected chi connectivity index (χ0v) is 12.2. The summed E-state index contributed by atoms with van der Waals surface area (Å²) in [6, 6.07) is 10.5. The van der Waals surface area contributed by atoms with Crippen molar-refractivity contribution < 1.29 is 0 Å². The van der Waals surface area contributed by atoms with Crippen molar-refractivity contribution in [3.63, 3.8) is 0 Å². The van der Waals surface area contributed by atoms with Crippen molar-refractivity contribution in [2.75, 3.05) is 5.32 Å². The van der Waals surface area contributed by atoms with E-state index in [0.717, 1.165) is 29.2 Å². The van der Waals surface area contributed by atoms with Gasteiger partial charge in [-0.1, -0.05) is 31.2 Å². The third-order valence-electron chi connectivity index (χ3n) is 2.71. The highest BCUT2D eigenvalue weighted by molar-refractivity contribution is 9.10. The van der Waals surface area contributed by atoms with E-state index in [0.29, 0.717) is 0 Å². The number of halogens is 1. The number of hydrogen-bond acceptors (Lipinski definition) is 3. The number of nitrogens with zero attached hydrogens (tertiary/aromatic N) is 2. The monoisotopic (exact) mass is 305 g/mol. The van der Waals surface area contributed by atoms with Crippen LogP contribution in [0.3, 0.4) is 0 Å². The molecule has 0 aliphatic heterocycles. The van der Waals surface area contributed by atoms with Crippen molar-refractivity contribution in [3.8, 4) is 0 Å². The third kappa shape index (κ3) is 3.53. The first-order valence-electron chi connectivity index (χ1n) is 6.00. The molecule has 0 aliphatic carbocycles. The van der Waals surface area contributed by atoms with Gasteiger partial charge in [-0.05, 0) is 40.4 Å². The molecule has 0 radical (unpaired) electrons. The molecule has 1 aromatic carbocycles. The van der Waals surface area contributed by atoms with E-state index in [2.05, 4.69) is 62.4 Å². The molecule has 0 unspecified atom stereocenters. The normalized spacial score (nSPS) is 10.4. The predicted octanol–water partition coefficient (Wildman–Crippen LogP) is 3.72. The maximum atomic E-state index is 4.33. The SMILES string of the molecule is CCc1ccc(CNc2cc(Br)nc(C)n2)cc1. The first-order valence-corrected chi connectivity index (χ1v) is 6.79. The highest BCUT2D eigenvalue weighted by atomic mass is 79.9. The number of benzene rings is 1. The zero-order chi connectivity index (χ0) is 13.0. The van der Waals surface area contributed by atoms with Crippen LogP contribution in [-0.2, 0) is 13.0 Å². The fraction of sp³-hybridized carbons (Fsp3) is 0.286. The van der Waals surface area contributed by atoms with E-state index in [4.69, 9.17) is 0 Å². The van der Waals surface area contributed by atoms with Gasteiger partial charge in [0.25, 0.3) is 0 Å². The van der Waals surface area contributed by atoms with E-state index in [9.17, 15) is 0 Å². The van der Waals surface area contributed by atoms with E-state index in [1.54, 1.807) is 0 Å². The van der Waals surface area contributed by atoms with Gasteiger partial charge in [0.2, 0.25) is 0 Å². The van der Waals surface area contributed by atoms with Gasteiger partial charge in [-0.3, -0.25) is 0 Å². The Morgan fingerprint density at radius 1 is 1.11 bits per heavy atom. The Morgan fingerprint density at radius 2 is 1.78 bits per heavy atom. The van der Waals surface area contributed by atoms with Crippen molar-refractivity contribution in [1.82, 2.24) is 9.97 Å². The van der Waals surface area contributed by atoms with Crippen LogP contribution in [0.4, 0.5) is 5.82 Å². The summed E-state index contributed by atoms with van der Waals surface area (Å²) in [6.45, 7) is 4.81. The number of nitrogens with one attached hydrogen (secondary N) is 1. The molecular formula is C14H16BrN3. The lowest BCUT2D eigenvalue weighted by molar-refractivity contribution is 1.01. The molecule has 1 N–H and O–H groups in total. The molecule has 1 heterocycles. The summed E-state index contributed by atoms with van der Waals surface area (Å²) < 4.78 is 0.804. The van der Waals surface area contributed by atoms with Crippen LogP contribution in [0.25, 0.3) is 0 Å². The quantitative estimate of drug-likeness (QED) is 0.875. The number of rotatable bonds is 4.